The van der Waals surface area contributed by atoms with E-state index in [9.17, 15) is 48.3 Å². The lowest BCUT2D eigenvalue weighted by atomic mass is 9.95. The number of carbonyl (C=O) groups is 4. The maximum absolute atomic E-state index is 15.4. The van der Waals surface area contributed by atoms with Gasteiger partial charge in [0.05, 0.1) is 12.9 Å². The highest BCUT2D eigenvalue weighted by Crippen LogP contribution is 2.61. The smallest absolute Gasteiger partial charge is 0.463 e. The first-order chi connectivity index (χ1) is 24.2. The van der Waals surface area contributed by atoms with Crippen LogP contribution >= 0.6 is 15.6 Å². The van der Waals surface area contributed by atoms with E-state index in [4.69, 9.17) is 38.5 Å². The van der Waals surface area contributed by atoms with Crippen molar-refractivity contribution in [1.82, 2.24) is 19.5 Å². The van der Waals surface area contributed by atoms with Gasteiger partial charge in [-0.1, -0.05) is 0 Å². The van der Waals surface area contributed by atoms with Gasteiger partial charge >= 0.3 is 39.5 Å². The Labute approximate surface area is 291 Å². The average molecular weight is 790 g/mol. The van der Waals surface area contributed by atoms with E-state index in [0.717, 1.165) is 34.0 Å². The van der Waals surface area contributed by atoms with Crippen molar-refractivity contribution in [3.63, 3.8) is 0 Å². The number of carbonyl (C=O) groups excluding carboxylic acids is 4. The van der Waals surface area contributed by atoms with Gasteiger partial charge < -0.3 is 54.2 Å². The molecule has 0 radical (unpaired) electrons. The van der Waals surface area contributed by atoms with E-state index >= 15 is 4.39 Å². The van der Waals surface area contributed by atoms with E-state index in [1.807, 2.05) is 0 Å². The van der Waals surface area contributed by atoms with E-state index in [2.05, 4.69) is 24.0 Å². The maximum atomic E-state index is 15.4. The van der Waals surface area contributed by atoms with E-state index in [0.29, 0.717) is 0 Å². The Morgan fingerprint density at radius 2 is 1.52 bits per heavy atom. The van der Waals surface area contributed by atoms with Crippen LogP contribution < -0.4 is 5.73 Å². The quantitative estimate of drug-likeness (QED) is 0.0843. The fourth-order valence-corrected chi connectivity index (χ4v) is 7.25. The number of aliphatic hydroxyl groups excluding tert-OH is 2. The number of aromatic nitrogens is 4. The zero-order valence-corrected chi connectivity index (χ0v) is 29.2. The molecule has 4 heterocycles. The minimum absolute atomic E-state index is 0.00312. The summed E-state index contributed by atoms with van der Waals surface area (Å²) in [4.78, 5) is 79.8. The van der Waals surface area contributed by atoms with E-state index < -0.39 is 114 Å². The van der Waals surface area contributed by atoms with Gasteiger partial charge in [-0.2, -0.15) is 4.31 Å². The van der Waals surface area contributed by atoms with Crippen molar-refractivity contribution < 1.29 is 94.5 Å². The molecule has 0 amide bonds. The summed E-state index contributed by atoms with van der Waals surface area (Å²) >= 11 is 0. The number of imidazole rings is 1. The fraction of sp³-hybridized carbons (Fsp3) is 0.640. The van der Waals surface area contributed by atoms with Gasteiger partial charge in [-0.05, 0) is 0 Å². The number of nitrogen functional groups attached to an aromatic ring is 1. The van der Waals surface area contributed by atoms with Gasteiger partial charge in [-0.15, -0.1) is 0 Å². The molecule has 0 aliphatic carbocycles. The molecule has 2 aliphatic rings. The SMILES string of the molecule is CC(=O)OC[C@H](F)[C@H]1O[C@@H](OP(=O)(O)OP(=O)(O)OC[C@H]2O[C@@H](n3cnc4c(N)ncnc43)[C@H](O)[C@@H]2O)[C@@H](OC(C)=O)[C@@H](OC(C)=O)[C@@H]1OC(C)=O. The number of nitrogens with zero attached hydrogens (tertiary/aromatic N) is 4. The molecule has 0 saturated carbocycles. The third-order valence-electron chi connectivity index (χ3n) is 7.08. The zero-order chi connectivity index (χ0) is 38.7. The summed E-state index contributed by atoms with van der Waals surface area (Å²) in [7, 11) is -11.6. The minimum Gasteiger partial charge on any atom is -0.463 e. The second-order valence-corrected chi connectivity index (χ2v) is 14.1. The van der Waals surface area contributed by atoms with Crippen molar-refractivity contribution in [3.05, 3.63) is 12.7 Å². The molecule has 2 aromatic heterocycles. The summed E-state index contributed by atoms with van der Waals surface area (Å²) in [6.45, 7) is 1.40. The Morgan fingerprint density at radius 1 is 0.904 bits per heavy atom. The second-order valence-electron chi connectivity index (χ2n) is 11.1. The fourth-order valence-electron chi connectivity index (χ4n) is 5.10. The first-order valence-electron chi connectivity index (χ1n) is 14.8. The van der Waals surface area contributed by atoms with Gasteiger partial charge in [0.1, 0.15) is 42.9 Å². The molecule has 2 saturated heterocycles. The Morgan fingerprint density at radius 3 is 2.13 bits per heavy atom. The Kier molecular flexibility index (Phi) is 13.0. The number of alkyl halides is 1. The number of fused-ring (bicyclic) bond motifs is 1. The zero-order valence-electron chi connectivity index (χ0n) is 27.4. The van der Waals surface area contributed by atoms with Crippen LogP contribution in [0.3, 0.4) is 0 Å². The van der Waals surface area contributed by atoms with Crippen molar-refractivity contribution in [2.24, 2.45) is 0 Å². The van der Waals surface area contributed by atoms with Gasteiger partial charge in [-0.3, -0.25) is 32.8 Å². The molecule has 12 atom stereocenters. The molecular formula is C25H34FN5O19P2. The molecule has 290 valence electrons. The third kappa shape index (κ3) is 10.0. The van der Waals surface area contributed by atoms with Gasteiger partial charge in [0.15, 0.2) is 42.2 Å². The molecule has 2 aromatic rings. The van der Waals surface area contributed by atoms with Gasteiger partial charge in [-0.25, -0.2) is 28.5 Å². The van der Waals surface area contributed by atoms with E-state index in [1.165, 1.54) is 10.9 Å². The molecule has 4 rings (SSSR count). The molecule has 0 bridgehead atoms. The maximum Gasteiger partial charge on any atom is 0.483 e. The number of phosphoric ester groups is 2. The van der Waals surface area contributed by atoms with E-state index in [-0.39, 0.29) is 17.0 Å². The molecular weight excluding hydrogens is 755 g/mol. The molecule has 0 aromatic carbocycles. The van der Waals surface area contributed by atoms with Crippen molar-refractivity contribution in [1.29, 1.82) is 0 Å². The first kappa shape index (κ1) is 41.0. The molecule has 52 heavy (non-hydrogen) atoms. The van der Waals surface area contributed by atoms with Crippen LogP contribution in [-0.4, -0.2) is 132 Å². The van der Waals surface area contributed by atoms with Gasteiger partial charge in [0.2, 0.25) is 6.29 Å². The standard InChI is InChI=1S/C25H34FN5O19P2/c1-9(32)42-5-13(26)18-19(44-10(2)33)20(45-11(3)34)21(46-12(4)35)25(48-18)49-52(40,41)50-51(38,39)43-6-14-16(36)17(37)24(47-14)31-8-30-15-22(27)28-7-29-23(15)31/h7-8,13-14,16-21,24-25,36-37H,5-6H2,1-4H3,(H,38,39)(H,40,41)(H2,27,28,29)/t13-,14+,16+,17+,18+,19+,20-,21-,24+,25-/m0/s1. The second kappa shape index (κ2) is 16.5. The topological polar surface area (TPSA) is 336 Å². The minimum atomic E-state index is -5.93. The highest BCUT2D eigenvalue weighted by atomic mass is 31.3. The van der Waals surface area contributed by atoms with Crippen LogP contribution in [0.5, 0.6) is 0 Å². The number of hydrogen-bond donors (Lipinski definition) is 5. The van der Waals surface area contributed by atoms with Crippen LogP contribution in [0.2, 0.25) is 0 Å². The van der Waals surface area contributed by atoms with Crippen LogP contribution in [-0.2, 0) is 70.1 Å². The lowest BCUT2D eigenvalue weighted by molar-refractivity contribution is -0.296. The highest BCUT2D eigenvalue weighted by Gasteiger charge is 2.57. The molecule has 24 nitrogen and oxygen atoms in total. The number of aliphatic hydroxyl groups is 2. The van der Waals surface area contributed by atoms with Crippen LogP contribution in [0.25, 0.3) is 11.2 Å². The number of nitrogens with two attached hydrogens (primary N) is 1. The van der Waals surface area contributed by atoms with Gasteiger partial charge in [0.25, 0.3) is 0 Å². The predicted octanol–water partition coefficient (Wildman–Crippen LogP) is -1.30. The third-order valence-corrected chi connectivity index (χ3v) is 9.68. The van der Waals surface area contributed by atoms with Gasteiger partial charge in [0, 0.05) is 27.7 Å². The number of rotatable bonds is 14. The summed E-state index contributed by atoms with van der Waals surface area (Å²) in [6.07, 6.45) is -17.3. The number of anilines is 1. The summed E-state index contributed by atoms with van der Waals surface area (Å²) < 4.78 is 87.1. The number of halogens is 1. The summed E-state index contributed by atoms with van der Waals surface area (Å²) in [5.41, 5.74) is 5.99. The number of esters is 4. The lowest BCUT2D eigenvalue weighted by Gasteiger charge is -2.44. The highest BCUT2D eigenvalue weighted by molar-refractivity contribution is 7.61. The van der Waals surface area contributed by atoms with Crippen molar-refractivity contribution in [2.45, 2.75) is 89.1 Å². The van der Waals surface area contributed by atoms with Crippen LogP contribution in [0.4, 0.5) is 10.2 Å². The Hall–Kier alpha value is -3.74. The molecule has 2 aliphatic heterocycles. The average Bonchev–Trinajstić information content (AvgIpc) is 3.57. The summed E-state index contributed by atoms with van der Waals surface area (Å²) in [5.74, 6) is -4.31. The predicted molar refractivity (Wildman–Crippen MR) is 160 cm³/mol. The first-order valence-corrected chi connectivity index (χ1v) is 17.8. The lowest BCUT2D eigenvalue weighted by Crippen LogP contribution is -2.64. The van der Waals surface area contributed by atoms with Crippen molar-refractivity contribution in [3.8, 4) is 0 Å². The Bertz CT molecular complexity index is 1750. The number of hydrogen-bond acceptors (Lipinski definition) is 21. The molecule has 6 N–H and O–H groups in total. The molecule has 2 fully saturated rings. The van der Waals surface area contributed by atoms with Crippen molar-refractivity contribution >= 4 is 56.5 Å². The molecule has 27 heteroatoms. The molecule has 0 spiro atoms. The Balaban J connectivity index is 1.52. The van der Waals surface area contributed by atoms with Crippen LogP contribution in [0.1, 0.15) is 33.9 Å². The summed E-state index contributed by atoms with van der Waals surface area (Å²) in [5, 5.41) is 21.1. The normalized spacial score (nSPS) is 30.4. The molecule has 2 unspecified atom stereocenters. The largest absolute Gasteiger partial charge is 0.483 e. The number of ether oxygens (including phenoxy) is 6. The van der Waals surface area contributed by atoms with Crippen molar-refractivity contribution in [2.75, 3.05) is 18.9 Å². The van der Waals surface area contributed by atoms with Crippen LogP contribution in [0, 0.1) is 0 Å². The van der Waals surface area contributed by atoms with Crippen LogP contribution in [0.15, 0.2) is 12.7 Å². The number of phosphoric acid groups is 2. The monoisotopic (exact) mass is 789 g/mol. The summed E-state index contributed by atoms with van der Waals surface area (Å²) in [6, 6.07) is 0. The van der Waals surface area contributed by atoms with E-state index in [1.54, 1.807) is 0 Å².